The summed E-state index contributed by atoms with van der Waals surface area (Å²) >= 11 is 7.26. The Labute approximate surface area is 158 Å². The van der Waals surface area contributed by atoms with E-state index in [1.165, 1.54) is 18.1 Å². The van der Waals surface area contributed by atoms with Crippen LogP contribution in [0.25, 0.3) is 0 Å². The first kappa shape index (κ1) is 18.3. The van der Waals surface area contributed by atoms with Gasteiger partial charge in [-0.25, -0.2) is 14.6 Å². The minimum absolute atomic E-state index is 0.228. The van der Waals surface area contributed by atoms with Gasteiger partial charge in [0.05, 0.1) is 18.2 Å². The molecule has 10 heteroatoms. The molecule has 2 aromatic rings. The highest BCUT2D eigenvalue weighted by Gasteiger charge is 2.33. The number of halogens is 1. The Morgan fingerprint density at radius 2 is 2.12 bits per heavy atom. The number of carbonyl (C=O) groups excluding carboxylic acids is 2. The normalized spacial score (nSPS) is 16.8. The third kappa shape index (κ3) is 4.17. The van der Waals surface area contributed by atoms with Gasteiger partial charge >= 0.3 is 12.0 Å². The first-order valence-electron chi connectivity index (χ1n) is 7.79. The minimum Gasteiger partial charge on any atom is -0.463 e. The summed E-state index contributed by atoms with van der Waals surface area (Å²) in [5.74, 6) is -0.172. The monoisotopic (exact) mass is 393 g/mol. The number of aromatic amines is 1. The van der Waals surface area contributed by atoms with Gasteiger partial charge < -0.3 is 15.4 Å². The van der Waals surface area contributed by atoms with E-state index in [9.17, 15) is 9.59 Å². The highest BCUT2D eigenvalue weighted by atomic mass is 35.5. The van der Waals surface area contributed by atoms with Crippen molar-refractivity contribution in [3.63, 3.8) is 0 Å². The lowest BCUT2D eigenvalue weighted by Gasteiger charge is -2.29. The van der Waals surface area contributed by atoms with Crippen LogP contribution >= 0.6 is 23.4 Å². The predicted octanol–water partition coefficient (Wildman–Crippen LogP) is 2.42. The van der Waals surface area contributed by atoms with E-state index in [0.717, 1.165) is 5.56 Å². The van der Waals surface area contributed by atoms with Crippen LogP contribution in [0.1, 0.15) is 18.5 Å². The van der Waals surface area contributed by atoms with Gasteiger partial charge in [-0.05, 0) is 24.6 Å². The number of benzene rings is 1. The summed E-state index contributed by atoms with van der Waals surface area (Å²) in [6.45, 7) is 1.96. The zero-order valence-corrected chi connectivity index (χ0v) is 15.4. The molecule has 0 saturated carbocycles. The predicted molar refractivity (Wildman–Crippen MR) is 96.6 cm³/mol. The third-order valence-electron chi connectivity index (χ3n) is 3.60. The SMILES string of the molecule is CCOC(=O)C1=C(CSc2ncn[nH]2)NC(=O)N[C@H]1c1ccc(Cl)cc1. The van der Waals surface area contributed by atoms with Crippen molar-refractivity contribution in [1.82, 2.24) is 25.8 Å². The van der Waals surface area contributed by atoms with Gasteiger partial charge in [0.2, 0.25) is 0 Å². The first-order chi connectivity index (χ1) is 12.6. The second kappa shape index (κ2) is 8.24. The molecule has 3 rings (SSSR count). The first-order valence-corrected chi connectivity index (χ1v) is 9.16. The molecule has 3 N–H and O–H groups in total. The van der Waals surface area contributed by atoms with E-state index in [1.807, 2.05) is 0 Å². The van der Waals surface area contributed by atoms with E-state index in [4.69, 9.17) is 16.3 Å². The number of urea groups is 1. The van der Waals surface area contributed by atoms with Gasteiger partial charge in [0.15, 0.2) is 5.16 Å². The summed E-state index contributed by atoms with van der Waals surface area (Å²) in [5.41, 5.74) is 1.55. The average molecular weight is 394 g/mol. The molecule has 0 aliphatic carbocycles. The van der Waals surface area contributed by atoms with Crippen LogP contribution in [-0.2, 0) is 9.53 Å². The van der Waals surface area contributed by atoms with Gasteiger partial charge in [-0.1, -0.05) is 35.5 Å². The summed E-state index contributed by atoms with van der Waals surface area (Å²) in [6.07, 6.45) is 1.39. The average Bonchev–Trinajstić information content (AvgIpc) is 3.13. The van der Waals surface area contributed by atoms with Crippen LogP contribution in [0, 0.1) is 0 Å². The lowest BCUT2D eigenvalue weighted by atomic mass is 9.95. The van der Waals surface area contributed by atoms with E-state index in [0.29, 0.717) is 27.2 Å². The smallest absolute Gasteiger partial charge is 0.338 e. The van der Waals surface area contributed by atoms with Crippen LogP contribution in [0.15, 0.2) is 47.0 Å². The number of esters is 1. The van der Waals surface area contributed by atoms with E-state index in [-0.39, 0.29) is 6.61 Å². The molecule has 1 aliphatic heterocycles. The molecule has 8 nitrogen and oxygen atoms in total. The van der Waals surface area contributed by atoms with Crippen molar-refractivity contribution in [2.45, 2.75) is 18.1 Å². The molecule has 0 unspecified atom stereocenters. The van der Waals surface area contributed by atoms with Crippen LogP contribution < -0.4 is 10.6 Å². The Morgan fingerprint density at radius 1 is 1.35 bits per heavy atom. The topological polar surface area (TPSA) is 109 Å². The van der Waals surface area contributed by atoms with Crippen LogP contribution in [0.3, 0.4) is 0 Å². The number of nitrogens with one attached hydrogen (secondary N) is 3. The van der Waals surface area contributed by atoms with Gasteiger partial charge in [-0.3, -0.25) is 5.10 Å². The number of amides is 2. The standard InChI is InChI=1S/C16H16ClN5O3S/c1-2-25-14(23)12-11(7-26-16-18-8-19-22-16)20-15(24)21-13(12)9-3-5-10(17)6-4-9/h3-6,8,13H,2,7H2,1H3,(H,18,19,22)(H2,20,21,24)/t13-/m0/s1. The lowest BCUT2D eigenvalue weighted by Crippen LogP contribution is -2.46. The maximum Gasteiger partial charge on any atom is 0.338 e. The summed E-state index contributed by atoms with van der Waals surface area (Å²) < 4.78 is 5.20. The Balaban J connectivity index is 1.96. The van der Waals surface area contributed by atoms with Crippen LogP contribution in [0.4, 0.5) is 4.79 Å². The van der Waals surface area contributed by atoms with Gasteiger partial charge in [0, 0.05) is 16.5 Å². The molecule has 1 atom stereocenters. The molecule has 26 heavy (non-hydrogen) atoms. The van der Waals surface area contributed by atoms with Gasteiger partial charge in [0.1, 0.15) is 6.33 Å². The molecule has 0 saturated heterocycles. The number of H-pyrrole nitrogens is 1. The molecular formula is C16H16ClN5O3S. The molecule has 0 spiro atoms. The molecule has 136 valence electrons. The summed E-state index contributed by atoms with van der Waals surface area (Å²) in [7, 11) is 0. The molecule has 2 amide bonds. The van der Waals surface area contributed by atoms with Gasteiger partial charge in [0.25, 0.3) is 0 Å². The fraction of sp³-hybridized carbons (Fsp3) is 0.250. The number of hydrogen-bond acceptors (Lipinski definition) is 6. The van der Waals surface area contributed by atoms with Crippen LogP contribution in [0.2, 0.25) is 5.02 Å². The minimum atomic E-state index is -0.634. The molecular weight excluding hydrogens is 378 g/mol. The number of ether oxygens (including phenoxy) is 1. The molecule has 0 fully saturated rings. The number of rotatable bonds is 6. The number of nitrogens with zero attached hydrogens (tertiary/aromatic N) is 2. The van der Waals surface area contributed by atoms with Crippen molar-refractivity contribution in [2.24, 2.45) is 0 Å². The molecule has 1 aromatic carbocycles. The lowest BCUT2D eigenvalue weighted by molar-refractivity contribution is -0.139. The number of thioether (sulfide) groups is 1. The summed E-state index contributed by atoms with van der Waals surface area (Å²) in [4.78, 5) is 28.7. The van der Waals surface area contributed by atoms with Crippen molar-refractivity contribution in [2.75, 3.05) is 12.4 Å². The number of carbonyl (C=O) groups is 2. The van der Waals surface area contributed by atoms with Gasteiger partial charge in [-0.15, -0.1) is 0 Å². The van der Waals surface area contributed by atoms with E-state index < -0.39 is 18.0 Å². The van der Waals surface area contributed by atoms with Crippen molar-refractivity contribution in [3.8, 4) is 0 Å². The van der Waals surface area contributed by atoms with Crippen molar-refractivity contribution >= 4 is 35.4 Å². The Kier molecular flexibility index (Phi) is 5.79. The van der Waals surface area contributed by atoms with Crippen LogP contribution in [0.5, 0.6) is 0 Å². The number of aromatic nitrogens is 3. The van der Waals surface area contributed by atoms with E-state index in [1.54, 1.807) is 31.2 Å². The quantitative estimate of drug-likeness (QED) is 0.513. The fourth-order valence-electron chi connectivity index (χ4n) is 2.49. The van der Waals surface area contributed by atoms with Gasteiger partial charge in [-0.2, -0.15) is 5.10 Å². The van der Waals surface area contributed by atoms with Crippen molar-refractivity contribution < 1.29 is 14.3 Å². The molecule has 2 heterocycles. The highest BCUT2D eigenvalue weighted by Crippen LogP contribution is 2.30. The largest absolute Gasteiger partial charge is 0.463 e. The maximum absolute atomic E-state index is 12.6. The Hall–Kier alpha value is -2.52. The molecule has 0 bridgehead atoms. The fourth-order valence-corrected chi connectivity index (χ4v) is 3.36. The van der Waals surface area contributed by atoms with Crippen molar-refractivity contribution in [3.05, 3.63) is 52.4 Å². The molecule has 1 aromatic heterocycles. The van der Waals surface area contributed by atoms with E-state index >= 15 is 0 Å². The highest BCUT2D eigenvalue weighted by molar-refractivity contribution is 7.99. The molecule has 0 radical (unpaired) electrons. The third-order valence-corrected chi connectivity index (χ3v) is 4.75. The summed E-state index contributed by atoms with van der Waals surface area (Å²) in [5, 5.41) is 13.1. The second-order valence-corrected chi connectivity index (χ2v) is 6.68. The Morgan fingerprint density at radius 3 is 2.77 bits per heavy atom. The number of hydrogen-bond donors (Lipinski definition) is 3. The summed E-state index contributed by atoms with van der Waals surface area (Å²) in [6, 6.07) is 5.91. The maximum atomic E-state index is 12.6. The van der Waals surface area contributed by atoms with Crippen molar-refractivity contribution in [1.29, 1.82) is 0 Å². The van der Waals surface area contributed by atoms with Crippen LogP contribution in [-0.4, -0.2) is 39.5 Å². The zero-order valence-electron chi connectivity index (χ0n) is 13.8. The zero-order chi connectivity index (χ0) is 18.5. The second-order valence-electron chi connectivity index (χ2n) is 5.28. The molecule has 1 aliphatic rings. The van der Waals surface area contributed by atoms with E-state index in [2.05, 4.69) is 25.8 Å². The Bertz CT molecular complexity index is 823.